The van der Waals surface area contributed by atoms with Gasteiger partial charge in [0.15, 0.2) is 5.76 Å². The van der Waals surface area contributed by atoms with Gasteiger partial charge in [0.1, 0.15) is 6.04 Å². The van der Waals surface area contributed by atoms with Crippen molar-refractivity contribution in [2.45, 2.75) is 37.8 Å². The van der Waals surface area contributed by atoms with Crippen LogP contribution >= 0.6 is 11.6 Å². The maximum atomic E-state index is 12.8. The van der Waals surface area contributed by atoms with Crippen LogP contribution in [-0.2, 0) is 11.2 Å². The number of hydrogen-bond acceptors (Lipinski definition) is 3. The number of hydrogen-bond donors (Lipinski definition) is 1. The number of carbonyl (C=O) groups excluding carboxylic acids is 2. The third-order valence-corrected chi connectivity index (χ3v) is 5.28. The summed E-state index contributed by atoms with van der Waals surface area (Å²) >= 11 is 6.04. The predicted molar refractivity (Wildman–Crippen MR) is 93.4 cm³/mol. The first-order valence-electron chi connectivity index (χ1n) is 8.56. The quantitative estimate of drug-likeness (QED) is 0.915. The zero-order chi connectivity index (χ0) is 17.4. The molecule has 130 valence electrons. The molecule has 1 aromatic carbocycles. The Morgan fingerprint density at radius 3 is 2.92 bits per heavy atom. The molecule has 0 bridgehead atoms. The highest BCUT2D eigenvalue weighted by Gasteiger charge is 2.37. The summed E-state index contributed by atoms with van der Waals surface area (Å²) < 4.78 is 5.19. The highest BCUT2D eigenvalue weighted by molar-refractivity contribution is 6.30. The average Bonchev–Trinajstić information content (AvgIpc) is 3.35. The highest BCUT2D eigenvalue weighted by Crippen LogP contribution is 2.33. The van der Waals surface area contributed by atoms with Gasteiger partial charge in [0.2, 0.25) is 5.91 Å². The molecule has 1 aliphatic heterocycles. The Morgan fingerprint density at radius 1 is 1.24 bits per heavy atom. The van der Waals surface area contributed by atoms with Crippen LogP contribution in [0.2, 0.25) is 5.02 Å². The van der Waals surface area contributed by atoms with Crippen LogP contribution in [0.25, 0.3) is 0 Å². The lowest BCUT2D eigenvalue weighted by molar-refractivity contribution is -0.125. The second kappa shape index (κ2) is 6.56. The fourth-order valence-corrected chi connectivity index (χ4v) is 4.02. The molecular formula is C19H19ClN2O3. The number of fused-ring (bicyclic) bond motifs is 1. The summed E-state index contributed by atoms with van der Waals surface area (Å²) in [6.07, 6.45) is 4.74. The molecule has 0 spiro atoms. The highest BCUT2D eigenvalue weighted by atomic mass is 35.5. The molecule has 1 unspecified atom stereocenters. The average molecular weight is 359 g/mol. The summed E-state index contributed by atoms with van der Waals surface area (Å²) in [5.41, 5.74) is 2.31. The van der Waals surface area contributed by atoms with E-state index in [1.807, 2.05) is 18.2 Å². The lowest BCUT2D eigenvalue weighted by Gasteiger charge is -2.25. The van der Waals surface area contributed by atoms with Gasteiger partial charge in [0, 0.05) is 11.6 Å². The van der Waals surface area contributed by atoms with E-state index in [2.05, 4.69) is 5.32 Å². The summed E-state index contributed by atoms with van der Waals surface area (Å²) in [7, 11) is 0. The zero-order valence-corrected chi connectivity index (χ0v) is 14.5. The van der Waals surface area contributed by atoms with E-state index >= 15 is 0 Å². The van der Waals surface area contributed by atoms with E-state index in [0.717, 1.165) is 29.8 Å². The molecule has 1 aromatic heterocycles. The number of rotatable bonds is 3. The Labute approximate surface area is 150 Å². The van der Waals surface area contributed by atoms with Crippen molar-refractivity contribution in [3.05, 3.63) is 58.5 Å². The lowest BCUT2D eigenvalue weighted by atomic mass is 10.1. The van der Waals surface area contributed by atoms with Gasteiger partial charge in [0.25, 0.3) is 5.91 Å². The number of likely N-dealkylation sites (tertiary alicyclic amines) is 1. The molecule has 2 aromatic rings. The number of nitrogens with zero attached hydrogens (tertiary/aromatic N) is 1. The summed E-state index contributed by atoms with van der Waals surface area (Å²) in [5.74, 6) is -0.0352. The Morgan fingerprint density at radius 2 is 2.12 bits per heavy atom. The fraction of sp³-hybridized carbons (Fsp3) is 0.368. The van der Waals surface area contributed by atoms with E-state index in [4.69, 9.17) is 16.0 Å². The molecule has 2 atom stereocenters. The van der Waals surface area contributed by atoms with Crippen molar-refractivity contribution in [2.75, 3.05) is 6.54 Å². The largest absolute Gasteiger partial charge is 0.459 e. The van der Waals surface area contributed by atoms with E-state index in [0.29, 0.717) is 13.0 Å². The molecule has 1 fully saturated rings. The summed E-state index contributed by atoms with van der Waals surface area (Å²) in [4.78, 5) is 27.0. The number of carbonyl (C=O) groups is 2. The van der Waals surface area contributed by atoms with E-state index in [1.165, 1.54) is 11.8 Å². The van der Waals surface area contributed by atoms with E-state index in [-0.39, 0.29) is 23.6 Å². The van der Waals surface area contributed by atoms with E-state index in [9.17, 15) is 9.59 Å². The summed E-state index contributed by atoms with van der Waals surface area (Å²) in [6, 6.07) is 8.66. The number of nitrogens with one attached hydrogen (secondary N) is 1. The molecule has 6 heteroatoms. The molecule has 5 nitrogen and oxygen atoms in total. The van der Waals surface area contributed by atoms with Gasteiger partial charge in [-0.1, -0.05) is 17.7 Å². The van der Waals surface area contributed by atoms with Crippen LogP contribution in [0.5, 0.6) is 0 Å². The first-order valence-corrected chi connectivity index (χ1v) is 8.94. The van der Waals surface area contributed by atoms with Gasteiger partial charge in [-0.3, -0.25) is 9.59 Å². The SMILES string of the molecule is O=C(NC1CCc2cc(Cl)ccc21)[C@@H]1CCCN1C(=O)c1ccco1. The van der Waals surface area contributed by atoms with Gasteiger partial charge in [-0.15, -0.1) is 0 Å². The molecule has 0 radical (unpaired) electrons. The minimum atomic E-state index is -0.436. The summed E-state index contributed by atoms with van der Waals surface area (Å²) in [6.45, 7) is 0.578. The van der Waals surface area contributed by atoms with Gasteiger partial charge >= 0.3 is 0 Å². The predicted octanol–water partition coefficient (Wildman–Crippen LogP) is 3.34. The standard InChI is InChI=1S/C19H19ClN2O3/c20-13-6-7-14-12(11-13)5-8-15(14)21-18(23)16-3-1-9-22(16)19(24)17-4-2-10-25-17/h2,4,6-7,10-11,15-16H,1,3,5,8-9H2,(H,21,23)/t15?,16-/m0/s1. The topological polar surface area (TPSA) is 62.6 Å². The maximum Gasteiger partial charge on any atom is 0.290 e. The van der Waals surface area contributed by atoms with Crippen LogP contribution in [0.15, 0.2) is 41.0 Å². The van der Waals surface area contributed by atoms with Crippen molar-refractivity contribution in [1.82, 2.24) is 10.2 Å². The second-order valence-electron chi connectivity index (χ2n) is 6.58. The lowest BCUT2D eigenvalue weighted by Crippen LogP contribution is -2.46. The molecular weight excluding hydrogens is 340 g/mol. The Bertz CT molecular complexity index is 803. The zero-order valence-electron chi connectivity index (χ0n) is 13.7. The normalized spacial score (nSPS) is 22.0. The van der Waals surface area contributed by atoms with Crippen molar-refractivity contribution >= 4 is 23.4 Å². The van der Waals surface area contributed by atoms with Gasteiger partial charge < -0.3 is 14.6 Å². The first kappa shape index (κ1) is 16.2. The molecule has 1 N–H and O–H groups in total. The van der Waals surface area contributed by atoms with Crippen molar-refractivity contribution < 1.29 is 14.0 Å². The van der Waals surface area contributed by atoms with Crippen LogP contribution in [0, 0.1) is 0 Å². The van der Waals surface area contributed by atoms with Crippen LogP contribution in [-0.4, -0.2) is 29.3 Å². The van der Waals surface area contributed by atoms with Crippen molar-refractivity contribution in [3.8, 4) is 0 Å². The van der Waals surface area contributed by atoms with E-state index in [1.54, 1.807) is 17.0 Å². The molecule has 2 heterocycles. The Kier molecular flexibility index (Phi) is 4.25. The van der Waals surface area contributed by atoms with Gasteiger partial charge in [-0.25, -0.2) is 0 Å². The number of aryl methyl sites for hydroxylation is 1. The summed E-state index contributed by atoms with van der Waals surface area (Å²) in [5, 5.41) is 3.84. The maximum absolute atomic E-state index is 12.8. The van der Waals surface area contributed by atoms with Crippen molar-refractivity contribution in [1.29, 1.82) is 0 Å². The molecule has 2 amide bonds. The number of amides is 2. The molecule has 1 saturated heterocycles. The number of benzene rings is 1. The fourth-order valence-electron chi connectivity index (χ4n) is 3.83. The minimum absolute atomic E-state index is 0.0130. The van der Waals surface area contributed by atoms with Crippen LogP contribution < -0.4 is 5.32 Å². The van der Waals surface area contributed by atoms with Crippen molar-refractivity contribution in [3.63, 3.8) is 0 Å². The van der Waals surface area contributed by atoms with Gasteiger partial charge in [0.05, 0.1) is 12.3 Å². The monoisotopic (exact) mass is 358 g/mol. The van der Waals surface area contributed by atoms with Crippen LogP contribution in [0.4, 0.5) is 0 Å². The first-order chi connectivity index (χ1) is 12.1. The second-order valence-corrected chi connectivity index (χ2v) is 7.01. The third kappa shape index (κ3) is 3.04. The smallest absolute Gasteiger partial charge is 0.290 e. The number of halogens is 1. The third-order valence-electron chi connectivity index (χ3n) is 5.05. The van der Waals surface area contributed by atoms with E-state index < -0.39 is 6.04 Å². The minimum Gasteiger partial charge on any atom is -0.459 e. The molecule has 25 heavy (non-hydrogen) atoms. The Balaban J connectivity index is 1.47. The van der Waals surface area contributed by atoms with Crippen molar-refractivity contribution in [2.24, 2.45) is 0 Å². The molecule has 1 aliphatic carbocycles. The van der Waals surface area contributed by atoms with Crippen LogP contribution in [0.1, 0.15) is 47.0 Å². The van der Waals surface area contributed by atoms with Crippen LogP contribution in [0.3, 0.4) is 0 Å². The van der Waals surface area contributed by atoms with Gasteiger partial charge in [-0.2, -0.15) is 0 Å². The molecule has 2 aliphatic rings. The number of furan rings is 1. The Hall–Kier alpha value is -2.27. The molecule has 4 rings (SSSR count). The molecule has 0 saturated carbocycles. The van der Waals surface area contributed by atoms with Gasteiger partial charge in [-0.05, 0) is 61.1 Å².